The van der Waals surface area contributed by atoms with Crippen LogP contribution in [0.15, 0.2) is 53.4 Å². The second-order valence-corrected chi connectivity index (χ2v) is 7.23. The monoisotopic (exact) mass is 319 g/mol. The lowest BCUT2D eigenvalue weighted by atomic mass is 10.0. The van der Waals surface area contributed by atoms with Gasteiger partial charge in [-0.25, -0.2) is 12.8 Å². The van der Waals surface area contributed by atoms with Gasteiger partial charge in [0.25, 0.3) is 5.91 Å². The van der Waals surface area contributed by atoms with Crippen molar-refractivity contribution in [2.45, 2.75) is 17.4 Å². The summed E-state index contributed by atoms with van der Waals surface area (Å²) in [5.74, 6) is -1.18. The Morgan fingerprint density at radius 1 is 1.09 bits per heavy atom. The van der Waals surface area contributed by atoms with Gasteiger partial charge in [0.05, 0.1) is 22.3 Å². The number of nitrogens with one attached hydrogen (secondary N) is 1. The van der Waals surface area contributed by atoms with Crippen molar-refractivity contribution in [3.05, 3.63) is 65.5 Å². The van der Waals surface area contributed by atoms with Gasteiger partial charge in [0.1, 0.15) is 5.82 Å². The molecule has 2 aromatic carbocycles. The summed E-state index contributed by atoms with van der Waals surface area (Å²) in [6.45, 7) is 0. The predicted molar refractivity (Wildman–Crippen MR) is 79.7 cm³/mol. The third-order valence-electron chi connectivity index (χ3n) is 3.73. The number of fused-ring (bicyclic) bond motifs is 1. The number of hydrogen-bond acceptors (Lipinski definition) is 3. The number of rotatable bonds is 2. The lowest BCUT2D eigenvalue weighted by molar-refractivity contribution is 0.0930. The predicted octanol–water partition coefficient (Wildman–Crippen LogP) is 2.47. The van der Waals surface area contributed by atoms with Crippen LogP contribution in [0.5, 0.6) is 0 Å². The summed E-state index contributed by atoms with van der Waals surface area (Å²) in [5, 5.41) is 2.73. The minimum atomic E-state index is -3.31. The lowest BCUT2D eigenvalue weighted by Crippen LogP contribution is -2.34. The van der Waals surface area contributed by atoms with Crippen LogP contribution >= 0.6 is 0 Å². The van der Waals surface area contributed by atoms with Crippen LogP contribution in [0.4, 0.5) is 4.39 Å². The fourth-order valence-electron chi connectivity index (χ4n) is 2.62. The molecule has 0 radical (unpaired) electrons. The molecule has 0 saturated carbocycles. The highest BCUT2D eigenvalue weighted by atomic mass is 32.2. The van der Waals surface area contributed by atoms with Crippen LogP contribution < -0.4 is 5.32 Å². The Kier molecular flexibility index (Phi) is 3.70. The molecule has 0 aromatic heterocycles. The van der Waals surface area contributed by atoms with Crippen LogP contribution in [0, 0.1) is 5.82 Å². The highest BCUT2D eigenvalue weighted by molar-refractivity contribution is 7.91. The molecule has 0 fully saturated rings. The molecule has 1 atom stereocenters. The number of carbonyl (C=O) groups excluding carboxylic acids is 1. The first-order valence-electron chi connectivity index (χ1n) is 6.86. The summed E-state index contributed by atoms with van der Waals surface area (Å²) in [5.41, 5.74) is 0.506. The van der Waals surface area contributed by atoms with Gasteiger partial charge in [0, 0.05) is 0 Å². The second-order valence-electron chi connectivity index (χ2n) is 5.15. The topological polar surface area (TPSA) is 63.2 Å². The molecule has 1 amide bonds. The van der Waals surface area contributed by atoms with Gasteiger partial charge < -0.3 is 5.32 Å². The Balaban J connectivity index is 1.91. The first-order chi connectivity index (χ1) is 10.5. The van der Waals surface area contributed by atoms with Gasteiger partial charge in [-0.05, 0) is 30.2 Å². The molecule has 1 N–H and O–H groups in total. The van der Waals surface area contributed by atoms with Crippen molar-refractivity contribution in [2.75, 3.05) is 5.75 Å². The molecule has 0 spiro atoms. The van der Waals surface area contributed by atoms with Crippen LogP contribution in [0.3, 0.4) is 0 Å². The Hall–Kier alpha value is -2.21. The molecule has 0 bridgehead atoms. The quantitative estimate of drug-likeness (QED) is 0.925. The van der Waals surface area contributed by atoms with E-state index in [1.807, 2.05) is 0 Å². The fourth-order valence-corrected chi connectivity index (χ4v) is 4.24. The zero-order valence-corrected chi connectivity index (χ0v) is 12.4. The second kappa shape index (κ2) is 5.53. The Morgan fingerprint density at radius 2 is 1.77 bits per heavy atom. The fraction of sp³-hybridized carbons (Fsp3) is 0.188. The number of amides is 1. The third kappa shape index (κ3) is 2.62. The number of benzene rings is 2. The molecule has 3 rings (SSSR count). The number of hydrogen-bond donors (Lipinski definition) is 1. The lowest BCUT2D eigenvalue weighted by Gasteiger charge is -2.26. The van der Waals surface area contributed by atoms with Crippen molar-refractivity contribution in [3.63, 3.8) is 0 Å². The summed E-state index contributed by atoms with van der Waals surface area (Å²) in [7, 11) is -3.31. The van der Waals surface area contributed by atoms with E-state index in [9.17, 15) is 17.6 Å². The highest BCUT2D eigenvalue weighted by Crippen LogP contribution is 2.32. The molecule has 1 aliphatic heterocycles. The van der Waals surface area contributed by atoms with Crippen LogP contribution in [-0.2, 0) is 9.84 Å². The summed E-state index contributed by atoms with van der Waals surface area (Å²) in [6, 6.07) is 11.9. The third-order valence-corrected chi connectivity index (χ3v) is 5.54. The Morgan fingerprint density at radius 3 is 2.55 bits per heavy atom. The van der Waals surface area contributed by atoms with Crippen LogP contribution in [0.25, 0.3) is 0 Å². The molecule has 1 aliphatic rings. The van der Waals surface area contributed by atoms with E-state index in [-0.39, 0.29) is 22.6 Å². The average molecular weight is 319 g/mol. The molecular weight excluding hydrogens is 305 g/mol. The van der Waals surface area contributed by atoms with E-state index >= 15 is 0 Å². The van der Waals surface area contributed by atoms with Crippen LogP contribution in [0.2, 0.25) is 0 Å². The zero-order valence-electron chi connectivity index (χ0n) is 11.6. The van der Waals surface area contributed by atoms with Crippen molar-refractivity contribution in [2.24, 2.45) is 0 Å². The summed E-state index contributed by atoms with van der Waals surface area (Å²) < 4.78 is 37.8. The van der Waals surface area contributed by atoms with Gasteiger partial charge in [0.2, 0.25) is 0 Å². The maximum Gasteiger partial charge on any atom is 0.254 e. The number of sulfone groups is 1. The number of carbonyl (C=O) groups is 1. The number of halogens is 1. The van der Waals surface area contributed by atoms with E-state index in [2.05, 4.69) is 5.32 Å². The highest BCUT2D eigenvalue weighted by Gasteiger charge is 2.31. The van der Waals surface area contributed by atoms with Crippen molar-refractivity contribution in [1.82, 2.24) is 5.32 Å². The van der Waals surface area contributed by atoms with E-state index in [4.69, 9.17) is 0 Å². The van der Waals surface area contributed by atoms with Gasteiger partial charge in [0.15, 0.2) is 9.84 Å². The molecule has 0 saturated heterocycles. The molecule has 2 aromatic rings. The maximum absolute atomic E-state index is 13.7. The standard InChI is InChI=1S/C16H14FNO3S/c17-13-7-3-1-5-11(13)16(19)18-14-9-10-22(20,21)15-8-4-2-6-12(14)15/h1-8,14H,9-10H2,(H,18,19). The van der Waals surface area contributed by atoms with Crippen molar-refractivity contribution < 1.29 is 17.6 Å². The van der Waals surface area contributed by atoms with Crippen LogP contribution in [-0.4, -0.2) is 20.1 Å². The van der Waals surface area contributed by atoms with E-state index in [1.54, 1.807) is 24.3 Å². The molecule has 6 heteroatoms. The van der Waals surface area contributed by atoms with E-state index < -0.39 is 27.6 Å². The summed E-state index contributed by atoms with van der Waals surface area (Å²) in [4.78, 5) is 12.4. The molecule has 114 valence electrons. The minimum absolute atomic E-state index is 0.0355. The normalized spacial score (nSPS) is 19.2. The van der Waals surface area contributed by atoms with Crippen molar-refractivity contribution in [3.8, 4) is 0 Å². The first-order valence-corrected chi connectivity index (χ1v) is 8.51. The molecule has 0 aliphatic carbocycles. The van der Waals surface area contributed by atoms with Gasteiger partial charge in [-0.1, -0.05) is 30.3 Å². The minimum Gasteiger partial charge on any atom is -0.345 e. The molecule has 1 unspecified atom stereocenters. The van der Waals surface area contributed by atoms with E-state index in [0.717, 1.165) is 0 Å². The smallest absolute Gasteiger partial charge is 0.254 e. The first kappa shape index (κ1) is 14.7. The Bertz CT molecular complexity index is 833. The summed E-state index contributed by atoms with van der Waals surface area (Å²) in [6.07, 6.45) is 0.277. The van der Waals surface area contributed by atoms with Crippen molar-refractivity contribution >= 4 is 15.7 Å². The van der Waals surface area contributed by atoms with Gasteiger partial charge in [-0.2, -0.15) is 0 Å². The average Bonchev–Trinajstić information content (AvgIpc) is 2.51. The summed E-state index contributed by atoms with van der Waals surface area (Å²) >= 11 is 0. The van der Waals surface area contributed by atoms with Gasteiger partial charge in [-0.15, -0.1) is 0 Å². The van der Waals surface area contributed by atoms with Gasteiger partial charge in [-0.3, -0.25) is 4.79 Å². The Labute approximate surface area is 127 Å². The van der Waals surface area contributed by atoms with Crippen LogP contribution in [0.1, 0.15) is 28.4 Å². The molecule has 1 heterocycles. The van der Waals surface area contributed by atoms with E-state index in [1.165, 1.54) is 24.3 Å². The van der Waals surface area contributed by atoms with E-state index in [0.29, 0.717) is 5.56 Å². The van der Waals surface area contributed by atoms with Gasteiger partial charge >= 0.3 is 0 Å². The SMILES string of the molecule is O=C(NC1CCS(=O)(=O)c2ccccc21)c1ccccc1F. The maximum atomic E-state index is 13.7. The largest absolute Gasteiger partial charge is 0.345 e. The molecule has 4 nitrogen and oxygen atoms in total. The molecular formula is C16H14FNO3S. The molecule has 22 heavy (non-hydrogen) atoms. The van der Waals surface area contributed by atoms with Crippen molar-refractivity contribution in [1.29, 1.82) is 0 Å². The zero-order chi connectivity index (χ0) is 15.7.